The maximum Gasteiger partial charge on any atom is 0.0599 e. The van der Waals surface area contributed by atoms with Crippen LogP contribution >= 0.6 is 0 Å². The van der Waals surface area contributed by atoms with Gasteiger partial charge in [0.2, 0.25) is 0 Å². The Kier molecular flexibility index (Phi) is 4.68. The zero-order valence-electron chi connectivity index (χ0n) is 12.3. The van der Waals surface area contributed by atoms with Crippen molar-refractivity contribution in [2.75, 3.05) is 19.7 Å². The minimum atomic E-state index is 0.305. The number of hydrogen-bond donors (Lipinski definition) is 1. The van der Waals surface area contributed by atoms with Crippen LogP contribution in [0.5, 0.6) is 0 Å². The van der Waals surface area contributed by atoms with Gasteiger partial charge in [0.1, 0.15) is 0 Å². The second kappa shape index (κ2) is 5.89. The van der Waals surface area contributed by atoms with Gasteiger partial charge in [-0.1, -0.05) is 20.3 Å². The van der Waals surface area contributed by atoms with E-state index in [9.17, 15) is 0 Å². The van der Waals surface area contributed by atoms with E-state index in [1.165, 1.54) is 45.2 Å². The van der Waals surface area contributed by atoms with Gasteiger partial charge >= 0.3 is 0 Å². The molecule has 2 rings (SSSR count). The fraction of sp³-hybridized carbons (Fsp3) is 1.00. The van der Waals surface area contributed by atoms with Gasteiger partial charge in [0, 0.05) is 31.8 Å². The van der Waals surface area contributed by atoms with Gasteiger partial charge < -0.3 is 10.5 Å². The molecule has 0 bridgehead atoms. The molecule has 18 heavy (non-hydrogen) atoms. The summed E-state index contributed by atoms with van der Waals surface area (Å²) in [5, 5.41) is 0. The van der Waals surface area contributed by atoms with Crippen molar-refractivity contribution in [1.82, 2.24) is 4.90 Å². The number of rotatable bonds is 3. The van der Waals surface area contributed by atoms with Crippen LogP contribution in [0.15, 0.2) is 0 Å². The molecule has 3 nitrogen and oxygen atoms in total. The van der Waals surface area contributed by atoms with Gasteiger partial charge in [-0.3, -0.25) is 4.90 Å². The average molecular weight is 254 g/mol. The molecule has 2 aliphatic rings. The molecule has 0 aromatic heterocycles. The lowest BCUT2D eigenvalue weighted by Crippen LogP contribution is -2.58. The van der Waals surface area contributed by atoms with Crippen molar-refractivity contribution < 1.29 is 4.74 Å². The van der Waals surface area contributed by atoms with E-state index < -0.39 is 0 Å². The predicted molar refractivity (Wildman–Crippen MR) is 75.6 cm³/mol. The van der Waals surface area contributed by atoms with Crippen LogP contribution in [0.1, 0.15) is 52.9 Å². The summed E-state index contributed by atoms with van der Waals surface area (Å²) in [4.78, 5) is 2.63. The Labute approximate surface area is 112 Å². The first kappa shape index (κ1) is 14.3. The summed E-state index contributed by atoms with van der Waals surface area (Å²) in [6, 6.07) is 0.922. The summed E-state index contributed by atoms with van der Waals surface area (Å²) < 4.78 is 5.73. The maximum atomic E-state index is 6.51. The minimum Gasteiger partial charge on any atom is -0.378 e. The molecular formula is C15H30N2O. The second-order valence-electron chi connectivity index (χ2n) is 6.66. The molecule has 1 aliphatic carbocycles. The molecule has 106 valence electrons. The van der Waals surface area contributed by atoms with Gasteiger partial charge in [-0.05, 0) is 38.0 Å². The molecule has 2 fully saturated rings. The fourth-order valence-electron chi connectivity index (χ4n) is 3.65. The Balaban J connectivity index is 1.89. The number of piperidine rings is 1. The largest absolute Gasteiger partial charge is 0.378 e. The average Bonchev–Trinajstić information content (AvgIpc) is 2.34. The Hall–Kier alpha value is -0.120. The van der Waals surface area contributed by atoms with E-state index in [4.69, 9.17) is 10.5 Å². The van der Waals surface area contributed by atoms with Crippen molar-refractivity contribution in [3.05, 3.63) is 0 Å². The Morgan fingerprint density at radius 1 is 1.22 bits per heavy atom. The van der Waals surface area contributed by atoms with Gasteiger partial charge in [-0.2, -0.15) is 0 Å². The van der Waals surface area contributed by atoms with Crippen molar-refractivity contribution in [1.29, 1.82) is 0 Å². The highest BCUT2D eigenvalue weighted by Gasteiger charge is 2.39. The highest BCUT2D eigenvalue weighted by Crippen LogP contribution is 2.37. The zero-order chi connectivity index (χ0) is 13.2. The lowest BCUT2D eigenvalue weighted by Gasteiger charge is -2.48. The Morgan fingerprint density at radius 2 is 1.89 bits per heavy atom. The van der Waals surface area contributed by atoms with Gasteiger partial charge in [0.15, 0.2) is 0 Å². The zero-order valence-corrected chi connectivity index (χ0v) is 12.3. The normalized spacial score (nSPS) is 34.7. The second-order valence-corrected chi connectivity index (χ2v) is 6.66. The van der Waals surface area contributed by atoms with Crippen LogP contribution in [-0.2, 0) is 4.74 Å². The van der Waals surface area contributed by atoms with Crippen LogP contribution < -0.4 is 5.73 Å². The molecule has 2 unspecified atom stereocenters. The quantitative estimate of drug-likeness (QED) is 0.840. The minimum absolute atomic E-state index is 0.305. The molecule has 0 radical (unpaired) electrons. The number of nitrogens with two attached hydrogens (primary N) is 1. The van der Waals surface area contributed by atoms with E-state index in [1.807, 2.05) is 0 Å². The number of likely N-dealkylation sites (tertiary alicyclic amines) is 1. The third-order valence-electron chi connectivity index (χ3n) is 4.99. The molecule has 1 saturated heterocycles. The summed E-state index contributed by atoms with van der Waals surface area (Å²) in [6.45, 7) is 9.93. The number of hydrogen-bond acceptors (Lipinski definition) is 3. The van der Waals surface area contributed by atoms with Crippen LogP contribution in [0.25, 0.3) is 0 Å². The first-order valence-corrected chi connectivity index (χ1v) is 7.66. The van der Waals surface area contributed by atoms with Crippen LogP contribution in [-0.4, -0.2) is 42.8 Å². The van der Waals surface area contributed by atoms with Gasteiger partial charge in [0.05, 0.1) is 6.10 Å². The molecular weight excluding hydrogens is 224 g/mol. The summed E-state index contributed by atoms with van der Waals surface area (Å²) >= 11 is 0. The van der Waals surface area contributed by atoms with E-state index in [1.54, 1.807) is 0 Å². The Bertz CT molecular complexity index is 259. The molecule has 0 spiro atoms. The molecule has 1 saturated carbocycles. The fourth-order valence-corrected chi connectivity index (χ4v) is 3.65. The van der Waals surface area contributed by atoms with Gasteiger partial charge in [0.25, 0.3) is 0 Å². The molecule has 0 aromatic carbocycles. The van der Waals surface area contributed by atoms with E-state index >= 15 is 0 Å². The molecule has 1 aliphatic heterocycles. The summed E-state index contributed by atoms with van der Waals surface area (Å²) in [5.74, 6) is 0. The Morgan fingerprint density at radius 3 is 2.50 bits per heavy atom. The predicted octanol–water partition coefficient (Wildman–Crippen LogP) is 2.39. The van der Waals surface area contributed by atoms with Crippen LogP contribution in [0.3, 0.4) is 0 Å². The van der Waals surface area contributed by atoms with Crippen molar-refractivity contribution in [3.8, 4) is 0 Å². The summed E-state index contributed by atoms with van der Waals surface area (Å²) in [5.41, 5.74) is 6.81. The number of nitrogens with zero attached hydrogens (tertiary/aromatic N) is 1. The summed E-state index contributed by atoms with van der Waals surface area (Å²) in [7, 11) is 0. The summed E-state index contributed by atoms with van der Waals surface area (Å²) in [6.07, 6.45) is 6.73. The van der Waals surface area contributed by atoms with Crippen LogP contribution in [0.4, 0.5) is 0 Å². The molecule has 3 heteroatoms. The first-order chi connectivity index (χ1) is 8.54. The molecule has 2 atom stereocenters. The number of ether oxygens (including phenoxy) is 1. The van der Waals surface area contributed by atoms with Crippen molar-refractivity contribution in [2.45, 2.75) is 71.1 Å². The SMILES string of the molecule is CCOC1CCN(C2CCCC(C)(C)C2N)CC1. The standard InChI is InChI=1S/C15H30N2O/c1-4-18-12-7-10-17(11-8-12)13-6-5-9-15(2,3)14(13)16/h12-14H,4-11,16H2,1-3H3. The first-order valence-electron chi connectivity index (χ1n) is 7.66. The molecule has 0 aromatic rings. The lowest BCUT2D eigenvalue weighted by atomic mass is 9.70. The molecule has 2 N–H and O–H groups in total. The highest BCUT2D eigenvalue weighted by molar-refractivity contribution is 4.97. The van der Waals surface area contributed by atoms with Crippen molar-refractivity contribution >= 4 is 0 Å². The smallest absolute Gasteiger partial charge is 0.0599 e. The highest BCUT2D eigenvalue weighted by atomic mass is 16.5. The maximum absolute atomic E-state index is 6.51. The van der Waals surface area contributed by atoms with E-state index in [0.29, 0.717) is 23.6 Å². The third-order valence-corrected chi connectivity index (χ3v) is 4.99. The van der Waals surface area contributed by atoms with Gasteiger partial charge in [-0.15, -0.1) is 0 Å². The van der Waals surface area contributed by atoms with Crippen molar-refractivity contribution in [2.24, 2.45) is 11.1 Å². The van der Waals surface area contributed by atoms with Gasteiger partial charge in [-0.25, -0.2) is 0 Å². The topological polar surface area (TPSA) is 38.5 Å². The van der Waals surface area contributed by atoms with E-state index in [0.717, 1.165) is 6.61 Å². The van der Waals surface area contributed by atoms with E-state index in [-0.39, 0.29) is 0 Å². The third kappa shape index (κ3) is 3.06. The van der Waals surface area contributed by atoms with Crippen molar-refractivity contribution in [3.63, 3.8) is 0 Å². The molecule has 1 heterocycles. The van der Waals surface area contributed by atoms with Crippen LogP contribution in [0, 0.1) is 5.41 Å². The van der Waals surface area contributed by atoms with E-state index in [2.05, 4.69) is 25.7 Å². The van der Waals surface area contributed by atoms with Crippen LogP contribution in [0.2, 0.25) is 0 Å². The molecule has 0 amide bonds. The lowest BCUT2D eigenvalue weighted by molar-refractivity contribution is -0.0146. The monoisotopic (exact) mass is 254 g/mol.